The fourth-order valence-corrected chi connectivity index (χ4v) is 1.70. The van der Waals surface area contributed by atoms with Gasteiger partial charge in [-0.3, -0.25) is 0 Å². The summed E-state index contributed by atoms with van der Waals surface area (Å²) in [6, 6.07) is 5.63. The molecule has 1 aromatic carbocycles. The SMILES string of the molecule is COc1ccc(OCc2nnn(C)n2)c(CCN)c1. The standard InChI is InChI=1S/C12H17N5O2/c1-17-15-12(14-16-17)8-19-11-4-3-10(18-2)7-9(11)5-6-13/h3-4,7H,5-6,8,13H2,1-2H3. The third kappa shape index (κ3) is 3.41. The van der Waals surface area contributed by atoms with E-state index in [4.69, 9.17) is 15.2 Å². The first-order valence-electron chi connectivity index (χ1n) is 5.95. The second kappa shape index (κ2) is 6.14. The number of rotatable bonds is 6. The van der Waals surface area contributed by atoms with Crippen LogP contribution in [-0.4, -0.2) is 33.9 Å². The molecule has 0 spiro atoms. The van der Waals surface area contributed by atoms with Gasteiger partial charge in [-0.15, -0.1) is 10.2 Å². The van der Waals surface area contributed by atoms with Gasteiger partial charge >= 0.3 is 0 Å². The van der Waals surface area contributed by atoms with Crippen LogP contribution in [0.3, 0.4) is 0 Å². The second-order valence-corrected chi connectivity index (χ2v) is 4.00. The molecule has 0 fully saturated rings. The lowest BCUT2D eigenvalue weighted by molar-refractivity contribution is 0.291. The van der Waals surface area contributed by atoms with Gasteiger partial charge in [-0.2, -0.15) is 4.80 Å². The maximum Gasteiger partial charge on any atom is 0.212 e. The average molecular weight is 263 g/mol. The Morgan fingerprint density at radius 2 is 2.21 bits per heavy atom. The summed E-state index contributed by atoms with van der Waals surface area (Å²) in [5.74, 6) is 2.09. The number of nitrogens with two attached hydrogens (primary N) is 1. The Bertz CT molecular complexity index is 541. The summed E-state index contributed by atoms with van der Waals surface area (Å²) >= 11 is 0. The molecule has 1 aromatic heterocycles. The van der Waals surface area contributed by atoms with Crippen molar-refractivity contribution >= 4 is 0 Å². The molecule has 2 N–H and O–H groups in total. The Morgan fingerprint density at radius 1 is 1.37 bits per heavy atom. The summed E-state index contributed by atoms with van der Waals surface area (Å²) in [6.07, 6.45) is 0.723. The molecule has 0 aliphatic carbocycles. The largest absolute Gasteiger partial charge is 0.497 e. The summed E-state index contributed by atoms with van der Waals surface area (Å²) in [5, 5.41) is 11.7. The molecule has 19 heavy (non-hydrogen) atoms. The molecule has 102 valence electrons. The van der Waals surface area contributed by atoms with Gasteiger partial charge in [-0.25, -0.2) is 0 Å². The lowest BCUT2D eigenvalue weighted by Gasteiger charge is -2.11. The van der Waals surface area contributed by atoms with Crippen molar-refractivity contribution in [2.75, 3.05) is 13.7 Å². The number of nitrogens with zero attached hydrogens (tertiary/aromatic N) is 4. The molecular weight excluding hydrogens is 246 g/mol. The minimum atomic E-state index is 0.276. The van der Waals surface area contributed by atoms with Crippen molar-refractivity contribution in [1.29, 1.82) is 0 Å². The van der Waals surface area contributed by atoms with Gasteiger partial charge < -0.3 is 15.2 Å². The molecule has 0 amide bonds. The number of methoxy groups -OCH3 is 1. The van der Waals surface area contributed by atoms with E-state index in [1.807, 2.05) is 18.2 Å². The van der Waals surface area contributed by atoms with Gasteiger partial charge in [-0.05, 0) is 41.9 Å². The predicted molar refractivity (Wildman–Crippen MR) is 68.9 cm³/mol. The van der Waals surface area contributed by atoms with E-state index in [0.717, 1.165) is 23.5 Å². The molecule has 0 saturated heterocycles. The fraction of sp³-hybridized carbons (Fsp3) is 0.417. The molecule has 0 radical (unpaired) electrons. The van der Waals surface area contributed by atoms with Crippen LogP contribution in [0.15, 0.2) is 18.2 Å². The Morgan fingerprint density at radius 3 is 2.84 bits per heavy atom. The van der Waals surface area contributed by atoms with Crippen LogP contribution in [0, 0.1) is 0 Å². The predicted octanol–water partition coefficient (Wildman–Crippen LogP) is 0.299. The van der Waals surface area contributed by atoms with Crippen LogP contribution in [0.25, 0.3) is 0 Å². The zero-order valence-corrected chi connectivity index (χ0v) is 11.0. The van der Waals surface area contributed by atoms with Crippen LogP contribution >= 0.6 is 0 Å². The molecule has 7 heteroatoms. The van der Waals surface area contributed by atoms with E-state index < -0.39 is 0 Å². The highest BCUT2D eigenvalue weighted by Gasteiger charge is 2.07. The fourth-order valence-electron chi connectivity index (χ4n) is 1.70. The normalized spacial score (nSPS) is 10.5. The van der Waals surface area contributed by atoms with Gasteiger partial charge in [0.2, 0.25) is 5.82 Å². The first-order valence-corrected chi connectivity index (χ1v) is 5.95. The number of hydrogen-bond donors (Lipinski definition) is 1. The van der Waals surface area contributed by atoms with Crippen LogP contribution in [0.4, 0.5) is 0 Å². The van der Waals surface area contributed by atoms with Crippen LogP contribution < -0.4 is 15.2 Å². The quantitative estimate of drug-likeness (QED) is 0.806. The van der Waals surface area contributed by atoms with Crippen molar-refractivity contribution in [3.05, 3.63) is 29.6 Å². The number of hydrogen-bond acceptors (Lipinski definition) is 6. The lowest BCUT2D eigenvalue weighted by Crippen LogP contribution is -2.06. The first-order chi connectivity index (χ1) is 9.22. The Hall–Kier alpha value is -2.15. The van der Waals surface area contributed by atoms with Crippen LogP contribution in [-0.2, 0) is 20.1 Å². The molecule has 0 atom stereocenters. The molecule has 7 nitrogen and oxygen atoms in total. The lowest BCUT2D eigenvalue weighted by atomic mass is 10.1. The van der Waals surface area contributed by atoms with Gasteiger partial charge in [-0.1, -0.05) is 0 Å². The highest BCUT2D eigenvalue weighted by Crippen LogP contribution is 2.25. The first kappa shape index (κ1) is 13.3. The summed E-state index contributed by atoms with van der Waals surface area (Å²) in [6.45, 7) is 0.824. The number of tetrazole rings is 1. The number of aryl methyl sites for hydroxylation is 1. The minimum Gasteiger partial charge on any atom is -0.497 e. The molecule has 2 aromatic rings. The van der Waals surface area contributed by atoms with Crippen molar-refractivity contribution in [3.63, 3.8) is 0 Å². The van der Waals surface area contributed by atoms with E-state index in [0.29, 0.717) is 12.4 Å². The van der Waals surface area contributed by atoms with E-state index in [9.17, 15) is 0 Å². The van der Waals surface area contributed by atoms with E-state index in [1.165, 1.54) is 4.80 Å². The number of benzene rings is 1. The Balaban J connectivity index is 2.10. The zero-order chi connectivity index (χ0) is 13.7. The van der Waals surface area contributed by atoms with Crippen LogP contribution in [0.5, 0.6) is 11.5 Å². The van der Waals surface area contributed by atoms with Crippen LogP contribution in [0.1, 0.15) is 11.4 Å². The molecular formula is C12H17N5O2. The summed E-state index contributed by atoms with van der Waals surface area (Å²) < 4.78 is 10.9. The highest BCUT2D eigenvalue weighted by atomic mass is 16.5. The molecule has 0 aliphatic rings. The molecule has 0 bridgehead atoms. The van der Waals surface area contributed by atoms with Crippen molar-refractivity contribution in [2.24, 2.45) is 12.8 Å². The molecule has 0 aliphatic heterocycles. The summed E-state index contributed by atoms with van der Waals surface area (Å²) in [7, 11) is 3.34. The van der Waals surface area contributed by atoms with Gasteiger partial charge in [0.05, 0.1) is 14.2 Å². The number of ether oxygens (including phenoxy) is 2. The highest BCUT2D eigenvalue weighted by molar-refractivity contribution is 5.40. The Kier molecular flexibility index (Phi) is 4.30. The van der Waals surface area contributed by atoms with Gasteiger partial charge in [0, 0.05) is 0 Å². The topological polar surface area (TPSA) is 88.1 Å². The smallest absolute Gasteiger partial charge is 0.212 e. The number of aromatic nitrogens is 4. The van der Waals surface area contributed by atoms with Gasteiger partial charge in [0.25, 0.3) is 0 Å². The molecule has 1 heterocycles. The van der Waals surface area contributed by atoms with Crippen molar-refractivity contribution in [3.8, 4) is 11.5 Å². The molecule has 2 rings (SSSR count). The van der Waals surface area contributed by atoms with Crippen molar-refractivity contribution < 1.29 is 9.47 Å². The summed E-state index contributed by atoms with van der Waals surface area (Å²) in [4.78, 5) is 1.40. The minimum absolute atomic E-state index is 0.276. The summed E-state index contributed by atoms with van der Waals surface area (Å²) in [5.41, 5.74) is 6.60. The van der Waals surface area contributed by atoms with Gasteiger partial charge in [0.15, 0.2) is 6.61 Å². The average Bonchev–Trinajstić information content (AvgIpc) is 2.83. The third-order valence-corrected chi connectivity index (χ3v) is 2.59. The molecule has 0 saturated carbocycles. The second-order valence-electron chi connectivity index (χ2n) is 4.00. The Labute approximate surface area is 111 Å². The maximum atomic E-state index is 5.70. The maximum absolute atomic E-state index is 5.70. The van der Waals surface area contributed by atoms with E-state index in [1.54, 1.807) is 14.2 Å². The molecule has 0 unspecified atom stereocenters. The monoisotopic (exact) mass is 263 g/mol. The van der Waals surface area contributed by atoms with E-state index >= 15 is 0 Å². The van der Waals surface area contributed by atoms with E-state index in [-0.39, 0.29) is 6.61 Å². The van der Waals surface area contributed by atoms with Crippen molar-refractivity contribution in [1.82, 2.24) is 20.2 Å². The zero-order valence-electron chi connectivity index (χ0n) is 11.0. The van der Waals surface area contributed by atoms with E-state index in [2.05, 4.69) is 15.4 Å². The van der Waals surface area contributed by atoms with Crippen LogP contribution in [0.2, 0.25) is 0 Å². The third-order valence-electron chi connectivity index (χ3n) is 2.59. The van der Waals surface area contributed by atoms with Gasteiger partial charge in [0.1, 0.15) is 11.5 Å². The van der Waals surface area contributed by atoms with Crippen molar-refractivity contribution in [2.45, 2.75) is 13.0 Å².